The van der Waals surface area contributed by atoms with Crippen molar-refractivity contribution in [2.24, 2.45) is 0 Å². The molecule has 21 heavy (non-hydrogen) atoms. The highest BCUT2D eigenvalue weighted by Gasteiger charge is 2.17. The minimum absolute atomic E-state index is 0.0744. The quantitative estimate of drug-likeness (QED) is 0.811. The van der Waals surface area contributed by atoms with E-state index in [1.165, 1.54) is 30.3 Å². The van der Waals surface area contributed by atoms with E-state index in [4.69, 9.17) is 5.11 Å². The molecule has 3 N–H and O–H groups in total. The zero-order chi connectivity index (χ0) is 15.6. The molecule has 0 saturated carbocycles. The minimum atomic E-state index is -1.35. The normalized spacial score (nSPS) is 10.2. The number of amides is 1. The standard InChI is InChI=1S/C15H12FNO4/c1-8-5-6-9(7-12(8)18)14(19)17-13-10(15(20)21)3-2-4-11(13)16/h2-7,18H,1H3,(H,17,19)(H,20,21). The summed E-state index contributed by atoms with van der Waals surface area (Å²) in [7, 11) is 0. The maximum atomic E-state index is 13.7. The summed E-state index contributed by atoms with van der Waals surface area (Å²) in [6.45, 7) is 1.66. The molecule has 0 aliphatic rings. The zero-order valence-corrected chi connectivity index (χ0v) is 11.1. The first-order valence-corrected chi connectivity index (χ1v) is 6.03. The summed E-state index contributed by atoms with van der Waals surface area (Å²) in [5.41, 5.74) is -0.0730. The number of aromatic carboxylic acids is 1. The van der Waals surface area contributed by atoms with Crippen LogP contribution in [0.15, 0.2) is 36.4 Å². The largest absolute Gasteiger partial charge is 0.508 e. The fourth-order valence-electron chi connectivity index (χ4n) is 1.77. The average Bonchev–Trinajstić information content (AvgIpc) is 2.43. The summed E-state index contributed by atoms with van der Waals surface area (Å²) in [4.78, 5) is 23.1. The maximum Gasteiger partial charge on any atom is 0.337 e. The van der Waals surface area contributed by atoms with Crippen molar-refractivity contribution >= 4 is 17.6 Å². The Morgan fingerprint density at radius 1 is 1.19 bits per heavy atom. The van der Waals surface area contributed by atoms with Crippen LogP contribution in [-0.2, 0) is 0 Å². The van der Waals surface area contributed by atoms with Gasteiger partial charge in [0.15, 0.2) is 0 Å². The maximum absolute atomic E-state index is 13.7. The van der Waals surface area contributed by atoms with Crippen molar-refractivity contribution in [1.29, 1.82) is 0 Å². The number of aryl methyl sites for hydroxylation is 1. The first kappa shape index (κ1) is 14.5. The molecule has 0 fully saturated rings. The SMILES string of the molecule is Cc1ccc(C(=O)Nc2c(F)cccc2C(=O)O)cc1O. The van der Waals surface area contributed by atoms with Gasteiger partial charge in [-0.05, 0) is 36.8 Å². The molecule has 0 atom stereocenters. The van der Waals surface area contributed by atoms with Gasteiger partial charge in [0.25, 0.3) is 5.91 Å². The second-order valence-electron chi connectivity index (χ2n) is 4.42. The number of carboxylic acids is 1. The molecular weight excluding hydrogens is 277 g/mol. The average molecular weight is 289 g/mol. The Labute approximate surface area is 119 Å². The van der Waals surface area contributed by atoms with Gasteiger partial charge >= 0.3 is 5.97 Å². The van der Waals surface area contributed by atoms with Gasteiger partial charge in [0.05, 0.1) is 11.3 Å². The summed E-state index contributed by atoms with van der Waals surface area (Å²) < 4.78 is 13.7. The van der Waals surface area contributed by atoms with Gasteiger partial charge in [-0.25, -0.2) is 9.18 Å². The van der Waals surface area contributed by atoms with Crippen LogP contribution in [0.2, 0.25) is 0 Å². The third-order valence-corrected chi connectivity index (χ3v) is 2.95. The van der Waals surface area contributed by atoms with Crippen LogP contribution in [0.1, 0.15) is 26.3 Å². The third kappa shape index (κ3) is 3.00. The lowest BCUT2D eigenvalue weighted by Crippen LogP contribution is -2.16. The first-order valence-electron chi connectivity index (χ1n) is 6.03. The summed E-state index contributed by atoms with van der Waals surface area (Å²) in [5, 5.41) is 20.8. The van der Waals surface area contributed by atoms with E-state index in [1.807, 2.05) is 0 Å². The molecule has 1 amide bonds. The van der Waals surface area contributed by atoms with Gasteiger partial charge in [-0.3, -0.25) is 4.79 Å². The van der Waals surface area contributed by atoms with Gasteiger partial charge in [0.1, 0.15) is 11.6 Å². The molecule has 5 nitrogen and oxygen atoms in total. The summed E-state index contributed by atoms with van der Waals surface area (Å²) in [6, 6.07) is 7.69. The lowest BCUT2D eigenvalue weighted by Gasteiger charge is -2.10. The Hall–Kier alpha value is -2.89. The number of para-hydroxylation sites is 1. The van der Waals surface area contributed by atoms with Crippen LogP contribution >= 0.6 is 0 Å². The van der Waals surface area contributed by atoms with Crippen molar-refractivity contribution < 1.29 is 24.2 Å². The molecule has 0 aliphatic carbocycles. The zero-order valence-electron chi connectivity index (χ0n) is 11.1. The monoisotopic (exact) mass is 289 g/mol. The lowest BCUT2D eigenvalue weighted by molar-refractivity contribution is 0.0697. The number of anilines is 1. The smallest absolute Gasteiger partial charge is 0.337 e. The number of carbonyl (C=O) groups excluding carboxylic acids is 1. The highest BCUT2D eigenvalue weighted by molar-refractivity contribution is 6.08. The Morgan fingerprint density at radius 2 is 1.90 bits per heavy atom. The van der Waals surface area contributed by atoms with Crippen molar-refractivity contribution in [3.63, 3.8) is 0 Å². The van der Waals surface area contributed by atoms with E-state index in [2.05, 4.69) is 5.32 Å². The van der Waals surface area contributed by atoms with Gasteiger partial charge in [-0.2, -0.15) is 0 Å². The fourth-order valence-corrected chi connectivity index (χ4v) is 1.77. The summed E-state index contributed by atoms with van der Waals surface area (Å²) >= 11 is 0. The number of hydrogen-bond donors (Lipinski definition) is 3. The molecule has 108 valence electrons. The van der Waals surface area contributed by atoms with Crippen LogP contribution < -0.4 is 5.32 Å². The molecule has 6 heteroatoms. The predicted molar refractivity (Wildman–Crippen MR) is 74.2 cm³/mol. The van der Waals surface area contributed by atoms with Gasteiger partial charge in [0, 0.05) is 5.56 Å². The van der Waals surface area contributed by atoms with Crippen molar-refractivity contribution in [3.8, 4) is 5.75 Å². The van der Waals surface area contributed by atoms with Crippen LogP contribution in [0.4, 0.5) is 10.1 Å². The predicted octanol–water partition coefficient (Wildman–Crippen LogP) is 2.79. The van der Waals surface area contributed by atoms with Crippen LogP contribution in [0.3, 0.4) is 0 Å². The number of halogens is 1. The number of nitrogens with one attached hydrogen (secondary N) is 1. The highest BCUT2D eigenvalue weighted by Crippen LogP contribution is 2.22. The van der Waals surface area contributed by atoms with Crippen molar-refractivity contribution in [1.82, 2.24) is 0 Å². The second kappa shape index (κ2) is 5.62. The van der Waals surface area contributed by atoms with Gasteiger partial charge in [-0.15, -0.1) is 0 Å². The number of rotatable bonds is 3. The molecule has 0 aromatic heterocycles. The van der Waals surface area contributed by atoms with E-state index in [1.54, 1.807) is 6.92 Å². The van der Waals surface area contributed by atoms with Crippen LogP contribution in [-0.4, -0.2) is 22.1 Å². The van der Waals surface area contributed by atoms with Crippen LogP contribution in [0, 0.1) is 12.7 Å². The molecule has 0 heterocycles. The molecule has 2 aromatic rings. The minimum Gasteiger partial charge on any atom is -0.508 e. The molecule has 2 aromatic carbocycles. The Morgan fingerprint density at radius 3 is 2.52 bits per heavy atom. The van der Waals surface area contributed by atoms with E-state index in [-0.39, 0.29) is 16.9 Å². The number of aromatic hydroxyl groups is 1. The molecule has 0 bridgehead atoms. The third-order valence-electron chi connectivity index (χ3n) is 2.95. The molecule has 0 saturated heterocycles. The Kier molecular flexibility index (Phi) is 3.89. The highest BCUT2D eigenvalue weighted by atomic mass is 19.1. The molecule has 0 aliphatic heterocycles. The van der Waals surface area contributed by atoms with Crippen molar-refractivity contribution in [2.75, 3.05) is 5.32 Å². The summed E-state index contributed by atoms with van der Waals surface area (Å²) in [6.07, 6.45) is 0. The fraction of sp³-hybridized carbons (Fsp3) is 0.0667. The number of phenols is 1. The summed E-state index contributed by atoms with van der Waals surface area (Å²) in [5.74, 6) is -2.98. The van der Waals surface area contributed by atoms with Crippen LogP contribution in [0.5, 0.6) is 5.75 Å². The van der Waals surface area contributed by atoms with Crippen molar-refractivity contribution in [3.05, 3.63) is 58.9 Å². The van der Waals surface area contributed by atoms with E-state index in [0.717, 1.165) is 6.07 Å². The topological polar surface area (TPSA) is 86.6 Å². The number of benzene rings is 2. The van der Waals surface area contributed by atoms with E-state index in [9.17, 15) is 19.1 Å². The molecule has 0 unspecified atom stereocenters. The number of carbonyl (C=O) groups is 2. The van der Waals surface area contributed by atoms with E-state index >= 15 is 0 Å². The van der Waals surface area contributed by atoms with E-state index < -0.39 is 23.4 Å². The molecule has 0 radical (unpaired) electrons. The van der Waals surface area contributed by atoms with Crippen LogP contribution in [0.25, 0.3) is 0 Å². The molecular formula is C15H12FNO4. The first-order chi connectivity index (χ1) is 9.90. The van der Waals surface area contributed by atoms with Crippen molar-refractivity contribution in [2.45, 2.75) is 6.92 Å². The number of hydrogen-bond acceptors (Lipinski definition) is 3. The van der Waals surface area contributed by atoms with Gasteiger partial charge in [0.2, 0.25) is 0 Å². The molecule has 2 rings (SSSR count). The Balaban J connectivity index is 2.36. The van der Waals surface area contributed by atoms with Gasteiger partial charge < -0.3 is 15.5 Å². The lowest BCUT2D eigenvalue weighted by atomic mass is 10.1. The number of phenolic OH excluding ortho intramolecular Hbond substituents is 1. The molecule has 0 spiro atoms. The number of carboxylic acid groups (broad SMARTS) is 1. The van der Waals surface area contributed by atoms with Gasteiger partial charge in [-0.1, -0.05) is 12.1 Å². The Bertz CT molecular complexity index is 728. The second-order valence-corrected chi connectivity index (χ2v) is 4.42. The van der Waals surface area contributed by atoms with E-state index in [0.29, 0.717) is 5.56 Å².